The van der Waals surface area contributed by atoms with Crippen molar-refractivity contribution in [1.82, 2.24) is 0 Å². The number of aryl methyl sites for hydroxylation is 1. The highest BCUT2D eigenvalue weighted by Gasteiger charge is 2.19. The van der Waals surface area contributed by atoms with Crippen molar-refractivity contribution in [1.29, 1.82) is 0 Å². The molecule has 0 aromatic heterocycles. The van der Waals surface area contributed by atoms with E-state index in [1.165, 1.54) is 23.8 Å². The number of fused-ring (bicyclic) bond motifs is 1. The first-order valence-corrected chi connectivity index (χ1v) is 10.4. The Balaban J connectivity index is 1.68. The molecule has 0 fully saturated rings. The van der Waals surface area contributed by atoms with Crippen LogP contribution in [-0.2, 0) is 11.2 Å². The Kier molecular flexibility index (Phi) is 6.28. The third kappa shape index (κ3) is 4.53. The summed E-state index contributed by atoms with van der Waals surface area (Å²) in [6.45, 7) is 0. The lowest BCUT2D eigenvalue weighted by Gasteiger charge is -2.08. The largest absolute Gasteiger partial charge is 0.497 e. The van der Waals surface area contributed by atoms with Crippen LogP contribution in [0.2, 0.25) is 0 Å². The standard InChI is InChI=1S/C28H24O4/c1-30-25-16-20(17-26(18-25)31-2)15-24-14-13-22-6-4-5-21(27(22)24)10-7-19-8-11-23(12-9-19)28(29)32-3/h4-6,8-9,11-12,15-18H,13-14H2,1-3H3/b24-15+. The molecular weight excluding hydrogens is 400 g/mol. The molecule has 0 unspecified atom stereocenters. The first-order valence-electron chi connectivity index (χ1n) is 10.4. The van der Waals surface area contributed by atoms with Crippen molar-refractivity contribution >= 4 is 17.6 Å². The van der Waals surface area contributed by atoms with Crippen molar-refractivity contribution in [3.63, 3.8) is 0 Å². The average molecular weight is 424 g/mol. The number of benzene rings is 3. The van der Waals surface area contributed by atoms with E-state index < -0.39 is 0 Å². The predicted molar refractivity (Wildman–Crippen MR) is 126 cm³/mol. The van der Waals surface area contributed by atoms with E-state index in [0.29, 0.717) is 5.56 Å². The van der Waals surface area contributed by atoms with E-state index in [0.717, 1.165) is 41.0 Å². The highest BCUT2D eigenvalue weighted by molar-refractivity contribution is 5.90. The second-order valence-corrected chi connectivity index (χ2v) is 7.47. The quantitative estimate of drug-likeness (QED) is 0.417. The summed E-state index contributed by atoms with van der Waals surface area (Å²) >= 11 is 0. The number of hydrogen-bond donors (Lipinski definition) is 0. The fourth-order valence-corrected chi connectivity index (χ4v) is 3.89. The number of carbonyl (C=O) groups excluding carboxylic acids is 1. The van der Waals surface area contributed by atoms with E-state index in [9.17, 15) is 4.79 Å². The van der Waals surface area contributed by atoms with Crippen LogP contribution in [0, 0.1) is 11.8 Å². The Morgan fingerprint density at radius 3 is 2.25 bits per heavy atom. The molecule has 0 radical (unpaired) electrons. The highest BCUT2D eigenvalue weighted by atomic mass is 16.5. The minimum atomic E-state index is -0.352. The molecular formula is C28H24O4. The van der Waals surface area contributed by atoms with Crippen LogP contribution in [-0.4, -0.2) is 27.3 Å². The summed E-state index contributed by atoms with van der Waals surface area (Å²) in [6.07, 6.45) is 4.14. The number of esters is 1. The van der Waals surface area contributed by atoms with E-state index in [1.54, 1.807) is 26.4 Å². The third-order valence-electron chi connectivity index (χ3n) is 5.50. The molecule has 3 aromatic carbocycles. The SMILES string of the molecule is COC(=O)c1ccc(C#Cc2cccc3c2/C(=C/c2cc(OC)cc(OC)c2)CC3)cc1. The van der Waals surface area contributed by atoms with Crippen molar-refractivity contribution in [2.75, 3.05) is 21.3 Å². The van der Waals surface area contributed by atoms with Gasteiger partial charge in [0.05, 0.1) is 26.9 Å². The minimum Gasteiger partial charge on any atom is -0.497 e. The molecule has 0 aliphatic heterocycles. The molecule has 3 aromatic rings. The zero-order chi connectivity index (χ0) is 22.5. The molecule has 0 saturated heterocycles. The van der Waals surface area contributed by atoms with Gasteiger partial charge >= 0.3 is 5.97 Å². The van der Waals surface area contributed by atoms with Gasteiger partial charge in [-0.3, -0.25) is 0 Å². The van der Waals surface area contributed by atoms with Crippen LogP contribution in [0.15, 0.2) is 60.7 Å². The Morgan fingerprint density at radius 1 is 0.875 bits per heavy atom. The summed E-state index contributed by atoms with van der Waals surface area (Å²) in [6, 6.07) is 19.3. The van der Waals surface area contributed by atoms with Crippen LogP contribution in [0.25, 0.3) is 11.6 Å². The Hall–Kier alpha value is -3.97. The molecule has 0 amide bonds. The number of rotatable bonds is 4. The summed E-state index contributed by atoms with van der Waals surface area (Å²) in [5, 5.41) is 0. The fourth-order valence-electron chi connectivity index (χ4n) is 3.89. The summed E-state index contributed by atoms with van der Waals surface area (Å²) in [7, 11) is 4.68. The van der Waals surface area contributed by atoms with Crippen LogP contribution in [0.1, 0.15) is 44.6 Å². The van der Waals surface area contributed by atoms with Crippen molar-refractivity contribution in [3.8, 4) is 23.3 Å². The fraction of sp³-hybridized carbons (Fsp3) is 0.179. The number of ether oxygens (including phenoxy) is 3. The minimum absolute atomic E-state index is 0.352. The van der Waals surface area contributed by atoms with Crippen molar-refractivity contribution in [2.45, 2.75) is 12.8 Å². The monoisotopic (exact) mass is 424 g/mol. The summed E-state index contributed by atoms with van der Waals surface area (Å²) in [5.41, 5.74) is 7.14. The van der Waals surface area contributed by atoms with Crippen molar-refractivity contribution in [2.24, 2.45) is 0 Å². The maximum absolute atomic E-state index is 11.6. The Labute approximate surface area is 188 Å². The molecule has 4 rings (SSSR count). The highest BCUT2D eigenvalue weighted by Crippen LogP contribution is 2.37. The van der Waals surface area contributed by atoms with Gasteiger partial charge in [-0.05, 0) is 77.6 Å². The maximum atomic E-state index is 11.6. The van der Waals surface area contributed by atoms with E-state index in [-0.39, 0.29) is 5.97 Å². The average Bonchev–Trinajstić information content (AvgIpc) is 3.25. The van der Waals surface area contributed by atoms with Gasteiger partial charge in [-0.2, -0.15) is 0 Å². The van der Waals surface area contributed by atoms with Crippen LogP contribution < -0.4 is 9.47 Å². The molecule has 0 atom stereocenters. The molecule has 1 aliphatic carbocycles. The number of allylic oxidation sites excluding steroid dienone is 1. The summed E-state index contributed by atoms with van der Waals surface area (Å²) in [5.74, 6) is 7.73. The van der Waals surface area contributed by atoms with Crippen molar-refractivity contribution < 1.29 is 19.0 Å². The van der Waals surface area contributed by atoms with Crippen LogP contribution in [0.3, 0.4) is 0 Å². The van der Waals surface area contributed by atoms with Gasteiger partial charge in [0, 0.05) is 17.2 Å². The summed E-state index contributed by atoms with van der Waals surface area (Å²) in [4.78, 5) is 11.6. The van der Waals surface area contributed by atoms with Gasteiger partial charge in [-0.25, -0.2) is 4.79 Å². The van der Waals surface area contributed by atoms with Gasteiger partial charge in [-0.1, -0.05) is 30.0 Å². The third-order valence-corrected chi connectivity index (χ3v) is 5.50. The van der Waals surface area contributed by atoms with Gasteiger partial charge in [-0.15, -0.1) is 0 Å². The zero-order valence-corrected chi connectivity index (χ0v) is 18.4. The Bertz CT molecular complexity index is 1220. The summed E-state index contributed by atoms with van der Waals surface area (Å²) < 4.78 is 15.6. The Morgan fingerprint density at radius 2 is 1.59 bits per heavy atom. The number of methoxy groups -OCH3 is 3. The van der Waals surface area contributed by atoms with Gasteiger partial charge in [0.2, 0.25) is 0 Å². The van der Waals surface area contributed by atoms with Crippen LogP contribution >= 0.6 is 0 Å². The molecule has 0 heterocycles. The lowest BCUT2D eigenvalue weighted by atomic mass is 9.98. The lowest BCUT2D eigenvalue weighted by molar-refractivity contribution is 0.0600. The maximum Gasteiger partial charge on any atom is 0.337 e. The molecule has 1 aliphatic rings. The molecule has 0 N–H and O–H groups in total. The zero-order valence-electron chi connectivity index (χ0n) is 18.4. The van der Waals surface area contributed by atoms with Gasteiger partial charge in [0.1, 0.15) is 11.5 Å². The lowest BCUT2D eigenvalue weighted by Crippen LogP contribution is -2.00. The molecule has 0 bridgehead atoms. The molecule has 4 heteroatoms. The van der Waals surface area contributed by atoms with E-state index >= 15 is 0 Å². The normalized spacial score (nSPS) is 13.2. The van der Waals surface area contributed by atoms with Gasteiger partial charge in [0.25, 0.3) is 0 Å². The second kappa shape index (κ2) is 9.45. The molecule has 4 nitrogen and oxygen atoms in total. The molecule has 0 saturated carbocycles. The molecule has 32 heavy (non-hydrogen) atoms. The topological polar surface area (TPSA) is 44.8 Å². The van der Waals surface area contributed by atoms with E-state index in [1.807, 2.05) is 30.3 Å². The molecule has 0 spiro atoms. The van der Waals surface area contributed by atoms with Gasteiger partial charge < -0.3 is 14.2 Å². The first kappa shape index (κ1) is 21.3. The van der Waals surface area contributed by atoms with Crippen LogP contribution in [0.4, 0.5) is 0 Å². The smallest absolute Gasteiger partial charge is 0.337 e. The predicted octanol–water partition coefficient (Wildman–Crippen LogP) is 5.38. The number of hydrogen-bond acceptors (Lipinski definition) is 4. The van der Waals surface area contributed by atoms with E-state index in [2.05, 4.69) is 36.1 Å². The van der Waals surface area contributed by atoms with Crippen LogP contribution in [0.5, 0.6) is 11.5 Å². The number of carbonyl (C=O) groups is 1. The van der Waals surface area contributed by atoms with Crippen molar-refractivity contribution in [3.05, 3.63) is 94.0 Å². The van der Waals surface area contributed by atoms with Gasteiger partial charge in [0.15, 0.2) is 0 Å². The first-order chi connectivity index (χ1) is 15.6. The molecule has 160 valence electrons. The second-order valence-electron chi connectivity index (χ2n) is 7.47. The van der Waals surface area contributed by atoms with E-state index in [4.69, 9.17) is 14.2 Å².